The Morgan fingerprint density at radius 1 is 1.08 bits per heavy atom. The molecule has 1 aliphatic heterocycles. The van der Waals surface area contributed by atoms with Gasteiger partial charge < -0.3 is 0 Å². The first-order chi connectivity index (χ1) is 12.8. The third-order valence-electron chi connectivity index (χ3n) is 4.77. The molecule has 1 aromatic carbocycles. The van der Waals surface area contributed by atoms with E-state index in [-0.39, 0.29) is 0 Å². The molecule has 0 radical (unpaired) electrons. The number of aromatic nitrogens is 5. The van der Waals surface area contributed by atoms with Gasteiger partial charge >= 0.3 is 0 Å². The first kappa shape index (κ1) is 16.0. The van der Waals surface area contributed by atoms with Crippen molar-refractivity contribution in [2.45, 2.75) is 25.4 Å². The second-order valence-electron chi connectivity index (χ2n) is 6.52. The molecule has 0 bridgehead atoms. The van der Waals surface area contributed by atoms with Gasteiger partial charge in [-0.1, -0.05) is 18.2 Å². The molecule has 5 rings (SSSR count). The van der Waals surface area contributed by atoms with Crippen molar-refractivity contribution >= 4 is 32.9 Å². The van der Waals surface area contributed by atoms with Gasteiger partial charge in [-0.25, -0.2) is 4.98 Å². The summed E-state index contributed by atoms with van der Waals surface area (Å²) in [6, 6.07) is 12.4. The van der Waals surface area contributed by atoms with Crippen LogP contribution < -0.4 is 0 Å². The molecule has 0 spiro atoms. The smallest absolute Gasteiger partial charge is 0.214 e. The fourth-order valence-electron chi connectivity index (χ4n) is 3.37. The minimum absolute atomic E-state index is 0.564. The zero-order valence-electron chi connectivity index (χ0n) is 14.2. The van der Waals surface area contributed by atoms with Gasteiger partial charge in [0.1, 0.15) is 6.67 Å². The Kier molecular flexibility index (Phi) is 4.24. The van der Waals surface area contributed by atoms with Gasteiger partial charge in [-0.05, 0) is 41.6 Å². The van der Waals surface area contributed by atoms with Crippen molar-refractivity contribution < 1.29 is 0 Å². The van der Waals surface area contributed by atoms with Crippen molar-refractivity contribution in [3.63, 3.8) is 0 Å². The van der Waals surface area contributed by atoms with Crippen LogP contribution in [0.3, 0.4) is 0 Å². The summed E-state index contributed by atoms with van der Waals surface area (Å²) in [5.41, 5.74) is 1.13. The zero-order valence-corrected chi connectivity index (χ0v) is 15.8. The average molecular weight is 383 g/mol. The third kappa shape index (κ3) is 3.15. The van der Waals surface area contributed by atoms with Gasteiger partial charge in [-0.15, -0.1) is 37.7 Å². The van der Waals surface area contributed by atoms with Crippen LogP contribution in [0.15, 0.2) is 41.8 Å². The molecule has 0 saturated carbocycles. The predicted molar refractivity (Wildman–Crippen MR) is 104 cm³/mol. The number of hydrogen-bond donors (Lipinski definition) is 0. The first-order valence-corrected chi connectivity index (χ1v) is 10.4. The number of rotatable bonds is 4. The number of piperidine rings is 1. The summed E-state index contributed by atoms with van der Waals surface area (Å²) < 4.78 is 1.29. The number of nitrogens with zero attached hydrogens (tertiary/aromatic N) is 6. The summed E-state index contributed by atoms with van der Waals surface area (Å²) in [5, 5.41) is 16.2. The van der Waals surface area contributed by atoms with Crippen LogP contribution in [0, 0.1) is 0 Å². The lowest BCUT2D eigenvalue weighted by molar-refractivity contribution is 0.151. The van der Waals surface area contributed by atoms with Crippen LogP contribution in [0.2, 0.25) is 0 Å². The van der Waals surface area contributed by atoms with Crippen LogP contribution in [0.1, 0.15) is 23.8 Å². The lowest BCUT2D eigenvalue weighted by atomic mass is 9.98. The summed E-state index contributed by atoms with van der Waals surface area (Å²) in [7, 11) is 0. The Morgan fingerprint density at radius 2 is 1.96 bits per heavy atom. The van der Waals surface area contributed by atoms with Crippen LogP contribution in [-0.2, 0) is 6.67 Å². The van der Waals surface area contributed by atoms with E-state index in [4.69, 9.17) is 4.98 Å². The summed E-state index contributed by atoms with van der Waals surface area (Å²) in [5.74, 6) is 1.28. The van der Waals surface area contributed by atoms with Crippen molar-refractivity contribution in [1.82, 2.24) is 30.1 Å². The first-order valence-electron chi connectivity index (χ1n) is 8.75. The highest BCUT2D eigenvalue weighted by Gasteiger charge is 2.24. The second kappa shape index (κ2) is 6.86. The molecule has 0 atom stereocenters. The van der Waals surface area contributed by atoms with Crippen LogP contribution in [0.25, 0.3) is 20.9 Å². The Morgan fingerprint density at radius 3 is 2.77 bits per heavy atom. The predicted octanol–water partition coefficient (Wildman–Crippen LogP) is 3.85. The van der Waals surface area contributed by atoms with E-state index in [1.165, 1.54) is 9.71 Å². The van der Waals surface area contributed by atoms with Crippen molar-refractivity contribution in [3.05, 3.63) is 46.8 Å². The molecule has 132 valence electrons. The van der Waals surface area contributed by atoms with E-state index in [0.717, 1.165) is 36.3 Å². The number of likely N-dealkylation sites (tertiary alicyclic amines) is 1. The maximum Gasteiger partial charge on any atom is 0.214 e. The molecule has 1 saturated heterocycles. The molecule has 1 fully saturated rings. The maximum atomic E-state index is 4.84. The number of thiazole rings is 1. The van der Waals surface area contributed by atoms with Gasteiger partial charge in [0.25, 0.3) is 0 Å². The quantitative estimate of drug-likeness (QED) is 0.537. The minimum Gasteiger partial charge on any atom is -0.283 e. The molecular formula is C18H18N6S2. The molecule has 0 N–H and O–H groups in total. The summed E-state index contributed by atoms with van der Waals surface area (Å²) in [6.07, 6.45) is 2.26. The number of para-hydroxylation sites is 1. The summed E-state index contributed by atoms with van der Waals surface area (Å²) >= 11 is 3.48. The van der Waals surface area contributed by atoms with Crippen LogP contribution in [0.5, 0.6) is 0 Å². The van der Waals surface area contributed by atoms with Crippen LogP contribution >= 0.6 is 22.7 Å². The number of benzene rings is 1. The molecule has 0 aliphatic carbocycles. The van der Waals surface area contributed by atoms with E-state index in [0.29, 0.717) is 18.4 Å². The fourth-order valence-corrected chi connectivity index (χ4v) is 5.16. The van der Waals surface area contributed by atoms with Gasteiger partial charge in [-0.2, -0.15) is 0 Å². The third-order valence-corrected chi connectivity index (χ3v) is 6.83. The van der Waals surface area contributed by atoms with E-state index in [1.54, 1.807) is 16.1 Å². The van der Waals surface area contributed by atoms with Crippen molar-refractivity contribution in [1.29, 1.82) is 0 Å². The SMILES string of the molecule is c1csc(-c2nnn(CN3CCC(c4nc5ccccc5s4)CC3)n2)c1. The number of thiophene rings is 1. The second-order valence-corrected chi connectivity index (χ2v) is 8.53. The average Bonchev–Trinajstić information content (AvgIpc) is 3.42. The molecule has 3 aromatic heterocycles. The summed E-state index contributed by atoms with van der Waals surface area (Å²) in [4.78, 5) is 9.99. The zero-order chi connectivity index (χ0) is 17.3. The number of hydrogen-bond acceptors (Lipinski definition) is 7. The highest BCUT2D eigenvalue weighted by atomic mass is 32.1. The lowest BCUT2D eigenvalue weighted by Gasteiger charge is -2.30. The molecule has 1 aliphatic rings. The van der Waals surface area contributed by atoms with Crippen molar-refractivity contribution in [3.8, 4) is 10.7 Å². The highest BCUT2D eigenvalue weighted by molar-refractivity contribution is 7.18. The normalized spacial score (nSPS) is 16.5. The fraction of sp³-hybridized carbons (Fsp3) is 0.333. The largest absolute Gasteiger partial charge is 0.283 e. The van der Waals surface area contributed by atoms with Crippen molar-refractivity contribution in [2.75, 3.05) is 13.1 Å². The molecule has 6 nitrogen and oxygen atoms in total. The molecule has 8 heteroatoms. The Balaban J connectivity index is 1.22. The van der Waals surface area contributed by atoms with E-state index >= 15 is 0 Å². The molecule has 26 heavy (non-hydrogen) atoms. The molecule has 4 aromatic rings. The van der Waals surface area contributed by atoms with Gasteiger partial charge in [0, 0.05) is 19.0 Å². The van der Waals surface area contributed by atoms with Crippen molar-refractivity contribution in [2.24, 2.45) is 0 Å². The standard InChI is InChI=1S/C18H18N6S2/c1-2-5-15-14(4-1)19-18(26-15)13-7-9-23(10-8-13)12-24-21-17(20-22-24)16-6-3-11-25-16/h1-6,11,13H,7-10,12H2. The van der Waals surface area contributed by atoms with Crippen LogP contribution in [0.4, 0.5) is 0 Å². The monoisotopic (exact) mass is 382 g/mol. The van der Waals surface area contributed by atoms with E-state index in [2.05, 4.69) is 44.6 Å². The van der Waals surface area contributed by atoms with Gasteiger partial charge in [0.05, 0.1) is 20.1 Å². The molecule has 4 heterocycles. The minimum atomic E-state index is 0.564. The summed E-state index contributed by atoms with van der Waals surface area (Å²) in [6.45, 7) is 2.78. The molecular weight excluding hydrogens is 364 g/mol. The van der Waals surface area contributed by atoms with Gasteiger partial charge in [0.2, 0.25) is 5.82 Å². The topological polar surface area (TPSA) is 59.7 Å². The van der Waals surface area contributed by atoms with E-state index in [9.17, 15) is 0 Å². The number of tetrazole rings is 1. The van der Waals surface area contributed by atoms with Gasteiger partial charge in [0.15, 0.2) is 0 Å². The molecule has 0 unspecified atom stereocenters. The Labute approximate surface area is 159 Å². The van der Waals surface area contributed by atoms with Crippen LogP contribution in [-0.4, -0.2) is 43.2 Å². The van der Waals surface area contributed by atoms with Gasteiger partial charge in [-0.3, -0.25) is 4.90 Å². The molecule has 0 amide bonds. The highest BCUT2D eigenvalue weighted by Crippen LogP contribution is 2.33. The van der Waals surface area contributed by atoms with E-state index in [1.807, 2.05) is 28.8 Å². The Bertz CT molecular complexity index is 965. The lowest BCUT2D eigenvalue weighted by Crippen LogP contribution is -2.35. The number of fused-ring (bicyclic) bond motifs is 1. The van der Waals surface area contributed by atoms with E-state index < -0.39 is 0 Å². The Hall–Kier alpha value is -2.16. The maximum absolute atomic E-state index is 4.84.